The second-order valence-corrected chi connectivity index (χ2v) is 4.74. The summed E-state index contributed by atoms with van der Waals surface area (Å²) >= 11 is 5.91. The number of piperidine rings is 1. The number of ether oxygens (including phenoxy) is 1. The minimum atomic E-state index is 0.261. The average molecular weight is 241 g/mol. The highest BCUT2D eigenvalue weighted by molar-refractivity contribution is 6.30. The first-order chi connectivity index (χ1) is 7.65. The van der Waals surface area contributed by atoms with Gasteiger partial charge in [-0.2, -0.15) is 0 Å². The van der Waals surface area contributed by atoms with Gasteiger partial charge in [-0.05, 0) is 32.0 Å². The van der Waals surface area contributed by atoms with Crippen LogP contribution in [0.2, 0.25) is 5.02 Å². The van der Waals surface area contributed by atoms with Crippen LogP contribution in [-0.4, -0.2) is 31.1 Å². The van der Waals surface area contributed by atoms with Crippen molar-refractivity contribution in [2.75, 3.05) is 25.9 Å². The summed E-state index contributed by atoms with van der Waals surface area (Å²) in [5, 5.41) is 0.664. The molecule has 1 fully saturated rings. The van der Waals surface area contributed by atoms with Gasteiger partial charge in [-0.3, -0.25) is 0 Å². The maximum Gasteiger partial charge on any atom is 0.144 e. The Hall–Kier alpha value is -0.930. The van der Waals surface area contributed by atoms with Gasteiger partial charge in [0.05, 0.1) is 5.69 Å². The van der Waals surface area contributed by atoms with E-state index in [4.69, 9.17) is 22.1 Å². The lowest BCUT2D eigenvalue weighted by Gasteiger charge is -2.29. The molecule has 88 valence electrons. The lowest BCUT2D eigenvalue weighted by atomic mass is 10.1. The fourth-order valence-corrected chi connectivity index (χ4v) is 2.05. The molecule has 1 heterocycles. The summed E-state index contributed by atoms with van der Waals surface area (Å²) < 4.78 is 5.88. The molecule has 1 aliphatic rings. The van der Waals surface area contributed by atoms with Crippen LogP contribution in [-0.2, 0) is 0 Å². The summed E-state index contributed by atoms with van der Waals surface area (Å²) in [6.07, 6.45) is 2.35. The van der Waals surface area contributed by atoms with Crippen LogP contribution in [0, 0.1) is 0 Å². The summed E-state index contributed by atoms with van der Waals surface area (Å²) in [6.45, 7) is 2.15. The first-order valence-electron chi connectivity index (χ1n) is 5.55. The zero-order valence-electron chi connectivity index (χ0n) is 9.45. The van der Waals surface area contributed by atoms with E-state index in [-0.39, 0.29) is 6.10 Å². The molecule has 0 aliphatic carbocycles. The smallest absolute Gasteiger partial charge is 0.144 e. The number of nitrogens with two attached hydrogens (primary N) is 1. The average Bonchev–Trinajstić information content (AvgIpc) is 2.27. The van der Waals surface area contributed by atoms with Crippen LogP contribution in [0.4, 0.5) is 5.69 Å². The Bertz CT molecular complexity index is 362. The van der Waals surface area contributed by atoms with Gasteiger partial charge in [0.15, 0.2) is 0 Å². The van der Waals surface area contributed by atoms with Crippen molar-refractivity contribution in [3.63, 3.8) is 0 Å². The van der Waals surface area contributed by atoms with E-state index in [0.717, 1.165) is 25.9 Å². The number of halogens is 1. The maximum absolute atomic E-state index is 5.91. The fourth-order valence-electron chi connectivity index (χ4n) is 1.89. The van der Waals surface area contributed by atoms with Gasteiger partial charge in [-0.1, -0.05) is 11.6 Å². The van der Waals surface area contributed by atoms with Gasteiger partial charge in [0, 0.05) is 24.2 Å². The SMILES string of the molecule is CN1CCC(Oc2cc(Cl)ccc2N)CC1. The number of nitrogens with zero attached hydrogens (tertiary/aromatic N) is 1. The van der Waals surface area contributed by atoms with E-state index in [2.05, 4.69) is 11.9 Å². The molecule has 1 aromatic carbocycles. The van der Waals surface area contributed by atoms with Crippen molar-refractivity contribution in [3.8, 4) is 5.75 Å². The Morgan fingerprint density at radius 1 is 1.38 bits per heavy atom. The maximum atomic E-state index is 5.91. The highest BCUT2D eigenvalue weighted by Crippen LogP contribution is 2.28. The third kappa shape index (κ3) is 2.80. The number of likely N-dealkylation sites (tertiary alicyclic amines) is 1. The van der Waals surface area contributed by atoms with Crippen LogP contribution in [0.25, 0.3) is 0 Å². The molecule has 16 heavy (non-hydrogen) atoms. The molecule has 1 aliphatic heterocycles. The van der Waals surface area contributed by atoms with Crippen LogP contribution < -0.4 is 10.5 Å². The molecule has 3 nitrogen and oxygen atoms in total. The molecule has 0 atom stereocenters. The predicted molar refractivity (Wildman–Crippen MR) is 67.0 cm³/mol. The summed E-state index contributed by atoms with van der Waals surface area (Å²) in [6, 6.07) is 5.35. The van der Waals surface area contributed by atoms with Gasteiger partial charge in [-0.15, -0.1) is 0 Å². The normalized spacial score (nSPS) is 18.6. The number of nitrogen functional groups attached to an aromatic ring is 1. The van der Waals surface area contributed by atoms with Crippen molar-refractivity contribution in [1.29, 1.82) is 0 Å². The number of hydrogen-bond acceptors (Lipinski definition) is 3. The van der Waals surface area contributed by atoms with Gasteiger partial charge in [0.2, 0.25) is 0 Å². The molecule has 1 saturated heterocycles. The van der Waals surface area contributed by atoms with Crippen LogP contribution in [0.1, 0.15) is 12.8 Å². The monoisotopic (exact) mass is 240 g/mol. The van der Waals surface area contributed by atoms with E-state index < -0.39 is 0 Å². The third-order valence-corrected chi connectivity index (χ3v) is 3.17. The van der Waals surface area contributed by atoms with Crippen molar-refractivity contribution in [2.24, 2.45) is 0 Å². The predicted octanol–water partition coefficient (Wildman–Crippen LogP) is 2.40. The first-order valence-corrected chi connectivity index (χ1v) is 5.93. The third-order valence-electron chi connectivity index (χ3n) is 2.93. The molecule has 2 N–H and O–H groups in total. The molecule has 1 aromatic rings. The molecule has 4 heteroatoms. The Balaban J connectivity index is 2.00. The zero-order chi connectivity index (χ0) is 11.5. The van der Waals surface area contributed by atoms with Crippen LogP contribution in [0.5, 0.6) is 5.75 Å². The standard InChI is InChI=1S/C12H17ClN2O/c1-15-6-4-10(5-7-15)16-12-8-9(13)2-3-11(12)14/h2-3,8,10H,4-7,14H2,1H3. The van der Waals surface area contributed by atoms with E-state index in [1.165, 1.54) is 0 Å². The number of anilines is 1. The van der Waals surface area contributed by atoms with Gasteiger partial charge >= 0.3 is 0 Å². The Morgan fingerprint density at radius 2 is 2.06 bits per heavy atom. The minimum absolute atomic E-state index is 0.261. The van der Waals surface area contributed by atoms with Crippen molar-refractivity contribution in [3.05, 3.63) is 23.2 Å². The van der Waals surface area contributed by atoms with Gasteiger partial charge in [0.25, 0.3) is 0 Å². The molecule has 0 unspecified atom stereocenters. The van der Waals surface area contributed by atoms with Gasteiger partial charge in [-0.25, -0.2) is 0 Å². The van der Waals surface area contributed by atoms with Crippen LogP contribution >= 0.6 is 11.6 Å². The summed E-state index contributed by atoms with van der Waals surface area (Å²) in [5.74, 6) is 0.710. The van der Waals surface area contributed by atoms with Crippen molar-refractivity contribution in [2.45, 2.75) is 18.9 Å². The van der Waals surface area contributed by atoms with E-state index in [0.29, 0.717) is 16.5 Å². The molecule has 0 spiro atoms. The minimum Gasteiger partial charge on any atom is -0.488 e. The summed E-state index contributed by atoms with van der Waals surface area (Å²) in [7, 11) is 2.13. The van der Waals surface area contributed by atoms with Crippen molar-refractivity contribution in [1.82, 2.24) is 4.90 Å². The number of hydrogen-bond donors (Lipinski definition) is 1. The zero-order valence-corrected chi connectivity index (χ0v) is 10.2. The molecular weight excluding hydrogens is 224 g/mol. The first kappa shape index (κ1) is 11.6. The summed E-state index contributed by atoms with van der Waals surface area (Å²) in [5.41, 5.74) is 6.50. The van der Waals surface area contributed by atoms with E-state index in [1.54, 1.807) is 18.2 Å². The molecule has 0 amide bonds. The van der Waals surface area contributed by atoms with E-state index in [9.17, 15) is 0 Å². The number of rotatable bonds is 2. The van der Waals surface area contributed by atoms with Crippen LogP contribution in [0.3, 0.4) is 0 Å². The Labute approximate surface area is 101 Å². The largest absolute Gasteiger partial charge is 0.488 e. The molecule has 0 aromatic heterocycles. The molecule has 2 rings (SSSR count). The molecular formula is C12H17ClN2O. The topological polar surface area (TPSA) is 38.5 Å². The lowest BCUT2D eigenvalue weighted by Crippen LogP contribution is -2.35. The molecule has 0 saturated carbocycles. The van der Waals surface area contributed by atoms with Crippen molar-refractivity contribution >= 4 is 17.3 Å². The van der Waals surface area contributed by atoms with E-state index >= 15 is 0 Å². The second kappa shape index (κ2) is 4.93. The highest BCUT2D eigenvalue weighted by atomic mass is 35.5. The lowest BCUT2D eigenvalue weighted by molar-refractivity contribution is 0.115. The van der Waals surface area contributed by atoms with Crippen LogP contribution in [0.15, 0.2) is 18.2 Å². The highest BCUT2D eigenvalue weighted by Gasteiger charge is 2.18. The second-order valence-electron chi connectivity index (χ2n) is 4.30. The fraction of sp³-hybridized carbons (Fsp3) is 0.500. The van der Waals surface area contributed by atoms with Crippen molar-refractivity contribution < 1.29 is 4.74 Å². The van der Waals surface area contributed by atoms with Gasteiger partial charge < -0.3 is 15.4 Å². The Kier molecular flexibility index (Phi) is 3.56. The Morgan fingerprint density at radius 3 is 2.75 bits per heavy atom. The molecule has 0 radical (unpaired) electrons. The van der Waals surface area contributed by atoms with Gasteiger partial charge in [0.1, 0.15) is 11.9 Å². The number of benzene rings is 1. The quantitative estimate of drug-likeness (QED) is 0.807. The molecule has 0 bridgehead atoms. The summed E-state index contributed by atoms with van der Waals surface area (Å²) in [4.78, 5) is 2.31. The van der Waals surface area contributed by atoms with E-state index in [1.807, 2.05) is 0 Å².